The van der Waals surface area contributed by atoms with Crippen LogP contribution in [-0.4, -0.2) is 54.6 Å². The Morgan fingerprint density at radius 1 is 1.19 bits per heavy atom. The van der Waals surface area contributed by atoms with E-state index in [1.54, 1.807) is 0 Å². The minimum atomic E-state index is 0.238. The summed E-state index contributed by atoms with van der Waals surface area (Å²) in [4.78, 5) is 5.25. The lowest BCUT2D eigenvalue weighted by atomic mass is 9.85. The average molecular weight is 225 g/mol. The van der Waals surface area contributed by atoms with Crippen molar-refractivity contribution in [1.82, 2.24) is 9.80 Å². The van der Waals surface area contributed by atoms with Crippen LogP contribution in [0, 0.1) is 5.41 Å². The van der Waals surface area contributed by atoms with Gasteiger partial charge < -0.3 is 10.6 Å². The number of nitrogens with two attached hydrogens (primary N) is 1. The molecule has 94 valence electrons. The third-order valence-electron chi connectivity index (χ3n) is 4.33. The van der Waals surface area contributed by atoms with E-state index >= 15 is 0 Å². The van der Waals surface area contributed by atoms with E-state index < -0.39 is 0 Å². The summed E-state index contributed by atoms with van der Waals surface area (Å²) in [5.41, 5.74) is 6.27. The maximum absolute atomic E-state index is 6.04. The molecule has 1 saturated heterocycles. The van der Waals surface area contributed by atoms with Crippen LogP contribution < -0.4 is 5.73 Å². The van der Waals surface area contributed by atoms with Gasteiger partial charge in [0.15, 0.2) is 0 Å². The number of piperazine rings is 1. The highest BCUT2D eigenvalue weighted by Crippen LogP contribution is 2.28. The Kier molecular flexibility index (Phi) is 3.57. The molecule has 2 aliphatic rings. The zero-order valence-electron chi connectivity index (χ0n) is 11.1. The molecular weight excluding hydrogens is 198 g/mol. The smallest absolute Gasteiger partial charge is 0.0113 e. The fraction of sp³-hybridized carbons (Fsp3) is 1.00. The van der Waals surface area contributed by atoms with E-state index in [1.807, 2.05) is 0 Å². The topological polar surface area (TPSA) is 32.5 Å². The number of hydrogen-bond donors (Lipinski definition) is 1. The van der Waals surface area contributed by atoms with Gasteiger partial charge >= 0.3 is 0 Å². The molecule has 2 rings (SSSR count). The fourth-order valence-electron chi connectivity index (χ4n) is 2.45. The van der Waals surface area contributed by atoms with Crippen LogP contribution in [0.3, 0.4) is 0 Å². The highest BCUT2D eigenvalue weighted by atomic mass is 15.3. The van der Waals surface area contributed by atoms with Gasteiger partial charge in [-0.15, -0.1) is 0 Å². The summed E-state index contributed by atoms with van der Waals surface area (Å²) >= 11 is 0. The number of nitrogens with zero attached hydrogens (tertiary/aromatic N) is 2. The van der Waals surface area contributed by atoms with Gasteiger partial charge in [0.1, 0.15) is 0 Å². The van der Waals surface area contributed by atoms with Gasteiger partial charge in [-0.2, -0.15) is 0 Å². The standard InChI is InChI=1S/C13H27N3/c1-11(14)13(2,3)10-15-6-8-16(9-7-15)12-4-5-12/h11-12H,4-10,14H2,1-3H3. The van der Waals surface area contributed by atoms with Crippen molar-refractivity contribution in [2.45, 2.75) is 45.7 Å². The molecule has 1 unspecified atom stereocenters. The van der Waals surface area contributed by atoms with Gasteiger partial charge in [0.05, 0.1) is 0 Å². The summed E-state index contributed by atoms with van der Waals surface area (Å²) in [5, 5.41) is 0. The first-order valence-corrected chi connectivity index (χ1v) is 6.71. The van der Waals surface area contributed by atoms with Gasteiger partial charge in [-0.05, 0) is 25.2 Å². The molecule has 3 nitrogen and oxygen atoms in total. The molecule has 0 aromatic carbocycles. The van der Waals surface area contributed by atoms with E-state index in [2.05, 4.69) is 30.6 Å². The highest BCUT2D eigenvalue weighted by Gasteiger charge is 2.33. The maximum Gasteiger partial charge on any atom is 0.0113 e. The molecule has 0 radical (unpaired) electrons. The van der Waals surface area contributed by atoms with Crippen LogP contribution in [0.2, 0.25) is 0 Å². The molecule has 3 heteroatoms. The van der Waals surface area contributed by atoms with Gasteiger partial charge in [0.2, 0.25) is 0 Å². The van der Waals surface area contributed by atoms with Crippen LogP contribution in [0.25, 0.3) is 0 Å². The molecule has 1 atom stereocenters. The van der Waals surface area contributed by atoms with Crippen molar-refractivity contribution in [1.29, 1.82) is 0 Å². The van der Waals surface area contributed by atoms with Gasteiger partial charge in [0, 0.05) is 44.8 Å². The van der Waals surface area contributed by atoms with E-state index in [1.165, 1.54) is 39.0 Å². The summed E-state index contributed by atoms with van der Waals surface area (Å²) in [7, 11) is 0. The van der Waals surface area contributed by atoms with Gasteiger partial charge in [-0.3, -0.25) is 4.90 Å². The molecule has 1 aliphatic carbocycles. The molecule has 0 aromatic heterocycles. The second-order valence-electron chi connectivity index (χ2n) is 6.32. The summed E-state index contributed by atoms with van der Waals surface area (Å²) in [6.07, 6.45) is 2.87. The molecule has 1 aliphatic heterocycles. The SMILES string of the molecule is CC(N)C(C)(C)CN1CCN(C2CC2)CC1. The Labute approximate surface area is 100.0 Å². The van der Waals surface area contributed by atoms with Crippen molar-refractivity contribution < 1.29 is 0 Å². The zero-order chi connectivity index (χ0) is 11.8. The molecule has 0 aromatic rings. The monoisotopic (exact) mass is 225 g/mol. The number of rotatable bonds is 4. The molecule has 0 bridgehead atoms. The van der Waals surface area contributed by atoms with Gasteiger partial charge in [-0.25, -0.2) is 0 Å². The zero-order valence-corrected chi connectivity index (χ0v) is 11.1. The Bertz CT molecular complexity index is 225. The van der Waals surface area contributed by atoms with Crippen molar-refractivity contribution in [2.75, 3.05) is 32.7 Å². The largest absolute Gasteiger partial charge is 0.327 e. The minimum absolute atomic E-state index is 0.238. The highest BCUT2D eigenvalue weighted by molar-refractivity contribution is 4.89. The van der Waals surface area contributed by atoms with Crippen molar-refractivity contribution in [3.05, 3.63) is 0 Å². The van der Waals surface area contributed by atoms with E-state index in [0.29, 0.717) is 0 Å². The summed E-state index contributed by atoms with van der Waals surface area (Å²) in [5.74, 6) is 0. The first-order chi connectivity index (χ1) is 7.49. The minimum Gasteiger partial charge on any atom is -0.327 e. The Balaban J connectivity index is 1.76. The summed E-state index contributed by atoms with van der Waals surface area (Å²) < 4.78 is 0. The van der Waals surface area contributed by atoms with Crippen LogP contribution in [0.15, 0.2) is 0 Å². The van der Waals surface area contributed by atoms with Gasteiger partial charge in [0.25, 0.3) is 0 Å². The number of hydrogen-bond acceptors (Lipinski definition) is 3. The van der Waals surface area contributed by atoms with E-state index in [0.717, 1.165) is 12.6 Å². The van der Waals surface area contributed by atoms with Crippen molar-refractivity contribution >= 4 is 0 Å². The average Bonchev–Trinajstić information content (AvgIpc) is 3.01. The molecule has 0 amide bonds. The first-order valence-electron chi connectivity index (χ1n) is 6.71. The molecular formula is C13H27N3. The van der Waals surface area contributed by atoms with Crippen LogP contribution >= 0.6 is 0 Å². The van der Waals surface area contributed by atoms with E-state index in [9.17, 15) is 0 Å². The molecule has 16 heavy (non-hydrogen) atoms. The lowest BCUT2D eigenvalue weighted by Gasteiger charge is -2.40. The molecule has 1 heterocycles. The second-order valence-corrected chi connectivity index (χ2v) is 6.32. The van der Waals surface area contributed by atoms with Crippen LogP contribution in [0.5, 0.6) is 0 Å². The lowest BCUT2D eigenvalue weighted by molar-refractivity contribution is 0.0854. The van der Waals surface area contributed by atoms with Crippen LogP contribution in [-0.2, 0) is 0 Å². The molecule has 2 N–H and O–H groups in total. The third-order valence-corrected chi connectivity index (χ3v) is 4.33. The quantitative estimate of drug-likeness (QED) is 0.779. The van der Waals surface area contributed by atoms with Crippen molar-refractivity contribution in [3.8, 4) is 0 Å². The normalized spacial score (nSPS) is 27.0. The second kappa shape index (κ2) is 4.63. The maximum atomic E-state index is 6.04. The van der Waals surface area contributed by atoms with Crippen LogP contribution in [0.1, 0.15) is 33.6 Å². The summed E-state index contributed by atoms with van der Waals surface area (Å²) in [6, 6.07) is 1.21. The first kappa shape index (κ1) is 12.3. The Morgan fingerprint density at radius 2 is 1.75 bits per heavy atom. The predicted octanol–water partition coefficient (Wildman–Crippen LogP) is 1.14. The summed E-state index contributed by atoms with van der Waals surface area (Å²) in [6.45, 7) is 12.8. The Hall–Kier alpha value is -0.120. The molecule has 2 fully saturated rings. The molecule has 0 spiro atoms. The molecule has 1 saturated carbocycles. The van der Waals surface area contributed by atoms with Gasteiger partial charge in [-0.1, -0.05) is 13.8 Å². The Morgan fingerprint density at radius 3 is 2.19 bits per heavy atom. The lowest BCUT2D eigenvalue weighted by Crippen LogP contribution is -2.52. The predicted molar refractivity (Wildman–Crippen MR) is 68.5 cm³/mol. The van der Waals surface area contributed by atoms with E-state index in [4.69, 9.17) is 5.73 Å². The fourth-order valence-corrected chi connectivity index (χ4v) is 2.45. The van der Waals surface area contributed by atoms with Crippen LogP contribution in [0.4, 0.5) is 0 Å². The van der Waals surface area contributed by atoms with E-state index in [-0.39, 0.29) is 11.5 Å². The van der Waals surface area contributed by atoms with Crippen molar-refractivity contribution in [3.63, 3.8) is 0 Å². The van der Waals surface area contributed by atoms with Crippen molar-refractivity contribution in [2.24, 2.45) is 11.1 Å². The third kappa shape index (κ3) is 2.96.